The number of hydrogen-bond donors (Lipinski definition) is 5. The zero-order valence-electron chi connectivity index (χ0n) is 44.7. The molecule has 4 heterocycles. The number of nitrogens with zero attached hydrogens (tertiary/aromatic N) is 6. The van der Waals surface area contributed by atoms with E-state index in [9.17, 15) is 30.3 Å². The monoisotopic (exact) mass is 989 g/mol. The van der Waals surface area contributed by atoms with Crippen molar-refractivity contribution in [2.24, 2.45) is 22.7 Å². The van der Waals surface area contributed by atoms with E-state index < -0.39 is 102 Å². The molecule has 0 unspecified atom stereocenters. The molecule has 0 bridgehead atoms. The van der Waals surface area contributed by atoms with Crippen LogP contribution in [0.5, 0.6) is 0 Å². The van der Waals surface area contributed by atoms with Crippen LogP contribution in [-0.4, -0.2) is 194 Å². The second-order valence-electron chi connectivity index (χ2n) is 21.7. The number of aryl methyl sites for hydroxylation is 2. The topological polar surface area (TPSA) is 223 Å². The SMILES string of the molecule is CC[C@H]1OC(=O)[C@H](C)[C@@H](O[C@H]2C[C@@](C)(OC)[C@@H](O)[C@H](C)O2)[C@H](C)[C@@H](O[C@@H]2O[C@H](C)C[C@H](N(C)CCc3cn(CCc4ccc(C(C)=NC)cc4)nn3)[C@H]2O)[C@](C)(O)C[C@@H](C)CN(C)[C@H](C)[C@@H](O)[C@]1(C)O. The molecule has 5 N–H and O–H groups in total. The number of likely N-dealkylation sites (N-methyl/N-ethyl adjacent to an activating group) is 2. The van der Waals surface area contributed by atoms with Crippen LogP contribution in [-0.2, 0) is 52.6 Å². The zero-order valence-corrected chi connectivity index (χ0v) is 44.7. The summed E-state index contributed by atoms with van der Waals surface area (Å²) in [5.41, 5.74) is -0.394. The fourth-order valence-electron chi connectivity index (χ4n) is 11.0. The Morgan fingerprint density at radius 1 is 0.971 bits per heavy atom. The first kappa shape index (κ1) is 57.9. The number of aliphatic imine (C=N–C) groups is 1. The molecule has 0 aliphatic carbocycles. The third-order valence-electron chi connectivity index (χ3n) is 15.8. The van der Waals surface area contributed by atoms with Gasteiger partial charge in [0.1, 0.15) is 30.0 Å². The van der Waals surface area contributed by atoms with Gasteiger partial charge in [0, 0.05) is 76.5 Å². The molecular formula is C52H88N6O12. The molecule has 3 saturated heterocycles. The first-order valence-corrected chi connectivity index (χ1v) is 25.4. The molecule has 3 aliphatic rings. The van der Waals surface area contributed by atoms with Crippen LogP contribution in [0.3, 0.4) is 0 Å². The first-order chi connectivity index (χ1) is 32.8. The number of aromatic nitrogens is 3. The van der Waals surface area contributed by atoms with Crippen molar-refractivity contribution in [3.63, 3.8) is 0 Å². The van der Waals surface area contributed by atoms with E-state index in [2.05, 4.69) is 44.5 Å². The van der Waals surface area contributed by atoms with Crippen molar-refractivity contribution in [1.82, 2.24) is 24.8 Å². The fraction of sp³-hybridized carbons (Fsp3) is 0.808. The van der Waals surface area contributed by atoms with Crippen LogP contribution in [0.25, 0.3) is 0 Å². The Morgan fingerprint density at radius 3 is 2.27 bits per heavy atom. The molecule has 70 heavy (non-hydrogen) atoms. The van der Waals surface area contributed by atoms with Crippen LogP contribution in [0.1, 0.15) is 119 Å². The van der Waals surface area contributed by atoms with E-state index in [4.69, 9.17) is 28.4 Å². The maximum absolute atomic E-state index is 14.5. The maximum Gasteiger partial charge on any atom is 0.311 e. The predicted molar refractivity (Wildman–Crippen MR) is 265 cm³/mol. The third kappa shape index (κ3) is 13.8. The van der Waals surface area contributed by atoms with Crippen molar-refractivity contribution in [3.05, 3.63) is 47.3 Å². The highest BCUT2D eigenvalue weighted by Gasteiger charge is 2.53. The summed E-state index contributed by atoms with van der Waals surface area (Å²) in [6, 6.07) is 7.43. The van der Waals surface area contributed by atoms with Gasteiger partial charge in [-0.15, -0.1) is 5.10 Å². The molecule has 18 heteroatoms. The van der Waals surface area contributed by atoms with E-state index in [0.29, 0.717) is 32.5 Å². The molecule has 3 aliphatic heterocycles. The number of esters is 1. The summed E-state index contributed by atoms with van der Waals surface area (Å²) < 4.78 is 40.2. The van der Waals surface area contributed by atoms with Crippen LogP contribution in [0.4, 0.5) is 0 Å². The summed E-state index contributed by atoms with van der Waals surface area (Å²) in [4.78, 5) is 22.8. The van der Waals surface area contributed by atoms with Crippen molar-refractivity contribution >= 4 is 11.7 Å². The van der Waals surface area contributed by atoms with E-state index in [-0.39, 0.29) is 31.3 Å². The normalized spacial score (nSPS) is 40.2. The average molecular weight is 989 g/mol. The van der Waals surface area contributed by atoms with Gasteiger partial charge in [-0.3, -0.25) is 14.5 Å². The number of hydrogen-bond acceptors (Lipinski definition) is 17. The van der Waals surface area contributed by atoms with Gasteiger partial charge in [0.15, 0.2) is 12.6 Å². The first-order valence-electron chi connectivity index (χ1n) is 25.4. The number of methoxy groups -OCH3 is 1. The van der Waals surface area contributed by atoms with Crippen molar-refractivity contribution in [2.75, 3.05) is 41.3 Å². The van der Waals surface area contributed by atoms with Crippen LogP contribution in [0.2, 0.25) is 0 Å². The van der Waals surface area contributed by atoms with Crippen molar-refractivity contribution in [3.8, 4) is 0 Å². The highest BCUT2D eigenvalue weighted by atomic mass is 16.7. The Morgan fingerprint density at radius 2 is 1.64 bits per heavy atom. The molecule has 1 aromatic carbocycles. The van der Waals surface area contributed by atoms with Gasteiger partial charge in [-0.1, -0.05) is 50.3 Å². The highest BCUT2D eigenvalue weighted by molar-refractivity contribution is 5.98. The third-order valence-corrected chi connectivity index (χ3v) is 15.8. The van der Waals surface area contributed by atoms with Crippen LogP contribution in [0, 0.1) is 17.8 Å². The lowest BCUT2D eigenvalue weighted by Gasteiger charge is -2.49. The molecule has 0 amide bonds. The van der Waals surface area contributed by atoms with E-state index in [1.165, 1.54) is 19.6 Å². The number of aliphatic hydroxyl groups excluding tert-OH is 3. The number of aliphatic hydroxyl groups is 5. The van der Waals surface area contributed by atoms with Crippen molar-refractivity contribution in [1.29, 1.82) is 0 Å². The summed E-state index contributed by atoms with van der Waals surface area (Å²) in [5, 5.41) is 68.5. The van der Waals surface area contributed by atoms with E-state index in [1.54, 1.807) is 48.6 Å². The van der Waals surface area contributed by atoms with Gasteiger partial charge in [-0.05, 0) is 112 Å². The van der Waals surface area contributed by atoms with E-state index in [1.807, 2.05) is 57.6 Å². The molecule has 0 saturated carbocycles. The molecule has 3 fully saturated rings. The summed E-state index contributed by atoms with van der Waals surface area (Å²) >= 11 is 0. The number of benzene rings is 1. The van der Waals surface area contributed by atoms with Crippen LogP contribution < -0.4 is 0 Å². The Bertz CT molecular complexity index is 1990. The van der Waals surface area contributed by atoms with Gasteiger partial charge in [-0.2, -0.15) is 0 Å². The van der Waals surface area contributed by atoms with Crippen molar-refractivity contribution in [2.45, 2.75) is 212 Å². The molecule has 1 aromatic heterocycles. The van der Waals surface area contributed by atoms with Crippen LogP contribution >= 0.6 is 0 Å². The summed E-state index contributed by atoms with van der Waals surface area (Å²) in [7, 11) is 7.10. The second kappa shape index (κ2) is 24.4. The van der Waals surface area contributed by atoms with Gasteiger partial charge >= 0.3 is 5.97 Å². The van der Waals surface area contributed by atoms with Gasteiger partial charge in [-0.25, -0.2) is 0 Å². The molecule has 0 radical (unpaired) electrons. The predicted octanol–water partition coefficient (Wildman–Crippen LogP) is 3.79. The Balaban J connectivity index is 1.41. The average Bonchev–Trinajstić information content (AvgIpc) is 3.78. The van der Waals surface area contributed by atoms with Gasteiger partial charge < -0.3 is 63.8 Å². The molecule has 18 atom stereocenters. The molecular weight excluding hydrogens is 901 g/mol. The number of rotatable bonds is 14. The molecule has 18 nitrogen and oxygen atoms in total. The minimum Gasteiger partial charge on any atom is -0.459 e. The molecule has 2 aromatic rings. The van der Waals surface area contributed by atoms with Gasteiger partial charge in [0.05, 0.1) is 47.2 Å². The fourth-order valence-corrected chi connectivity index (χ4v) is 11.0. The number of carbonyl (C=O) groups is 1. The largest absolute Gasteiger partial charge is 0.459 e. The minimum absolute atomic E-state index is 0.109. The summed E-state index contributed by atoms with van der Waals surface area (Å²) in [5.74, 6) is -2.74. The quantitative estimate of drug-likeness (QED) is 0.134. The molecule has 0 spiro atoms. The minimum atomic E-state index is -1.83. The van der Waals surface area contributed by atoms with Gasteiger partial charge in [0.25, 0.3) is 0 Å². The zero-order chi connectivity index (χ0) is 52.0. The molecule has 398 valence electrons. The molecule has 5 rings (SSSR count). The van der Waals surface area contributed by atoms with E-state index in [0.717, 1.165) is 23.4 Å². The lowest BCUT2D eigenvalue weighted by molar-refractivity contribution is -0.318. The summed E-state index contributed by atoms with van der Waals surface area (Å²) in [6.07, 6.45) is -5.54. The number of ether oxygens (including phenoxy) is 6. The number of cyclic esters (lactones) is 1. The van der Waals surface area contributed by atoms with Crippen LogP contribution in [0.15, 0.2) is 35.5 Å². The summed E-state index contributed by atoms with van der Waals surface area (Å²) in [6.45, 7) is 21.3. The van der Waals surface area contributed by atoms with Crippen molar-refractivity contribution < 1.29 is 58.7 Å². The van der Waals surface area contributed by atoms with E-state index >= 15 is 0 Å². The lowest BCUT2D eigenvalue weighted by Crippen LogP contribution is -2.61. The lowest BCUT2D eigenvalue weighted by atomic mass is 9.77. The smallest absolute Gasteiger partial charge is 0.311 e. The standard InChI is InChI=1S/C52H88N6O12/c1-16-41-52(11,64)45(60)35(7)57(14)28-30(2)26-50(9,63)47(32(4)44(33(5)48(62)68-41)69-42-27-51(10,65-15)46(61)36(8)67-42)70-49-43(59)40(25-31(3)66-49)56(13)23-22-39-29-58(55-54-39)24-21-37-17-19-38(20-18-37)34(6)53-12/h17-20,29-33,35-36,40-47,49,59-61,63-64H,16,21-28H2,1-15H3/t30-,31-,32+,33-,35-,36+,40+,41-,42+,43-,44+,45-,46+,47-,49+,50-,51-,52-/m1/s1. The number of carbonyl (C=O) groups excluding carboxylic acids is 1. The Labute approximate surface area is 417 Å². The maximum atomic E-state index is 14.5. The highest BCUT2D eigenvalue weighted by Crippen LogP contribution is 2.40. The second-order valence-corrected chi connectivity index (χ2v) is 21.7. The Hall–Kier alpha value is -2.98. The van der Waals surface area contributed by atoms with Gasteiger partial charge in [0.2, 0.25) is 0 Å². The Kier molecular flexibility index (Phi) is 20.2.